The number of nitrogens with zero attached hydrogens (tertiary/aromatic N) is 2. The predicted molar refractivity (Wildman–Crippen MR) is 76.5 cm³/mol. The first-order valence-corrected chi connectivity index (χ1v) is 6.52. The zero-order chi connectivity index (χ0) is 15.2. The smallest absolute Gasteiger partial charge is 0.335 e. The number of benzene rings is 1. The molecule has 0 unspecified atom stereocenters. The molecule has 7 heteroatoms. The lowest BCUT2D eigenvalue weighted by atomic mass is 10.0. The Morgan fingerprint density at radius 3 is 2.62 bits per heavy atom. The van der Waals surface area contributed by atoms with Crippen LogP contribution in [-0.4, -0.2) is 33.5 Å². The minimum Gasteiger partial charge on any atom is -0.478 e. The van der Waals surface area contributed by atoms with Crippen LogP contribution in [0.2, 0.25) is 5.15 Å². The number of hydrogen-bond acceptors (Lipinski definition) is 4. The summed E-state index contributed by atoms with van der Waals surface area (Å²) >= 11 is 5.59. The van der Waals surface area contributed by atoms with Gasteiger partial charge in [0.15, 0.2) is 0 Å². The standard InChI is InChI=1S/C14H12ClN3O3/c15-12-8-17-11(7-18-12)13(19)16-6-5-9-3-1-2-4-10(9)14(20)21/h1-4,7-8H,5-6H2,(H,16,19)(H,20,21). The summed E-state index contributed by atoms with van der Waals surface area (Å²) in [6.45, 7) is 0.299. The SMILES string of the molecule is O=C(NCCc1ccccc1C(=O)O)c1cnc(Cl)cn1. The van der Waals surface area contributed by atoms with Crippen molar-refractivity contribution in [3.8, 4) is 0 Å². The van der Waals surface area contributed by atoms with Crippen LogP contribution in [-0.2, 0) is 6.42 Å². The van der Waals surface area contributed by atoms with Gasteiger partial charge in [0, 0.05) is 6.54 Å². The van der Waals surface area contributed by atoms with Crippen molar-refractivity contribution in [1.29, 1.82) is 0 Å². The molecule has 6 nitrogen and oxygen atoms in total. The lowest BCUT2D eigenvalue weighted by molar-refractivity contribution is 0.0695. The molecule has 1 amide bonds. The monoisotopic (exact) mass is 305 g/mol. The average Bonchev–Trinajstić information content (AvgIpc) is 2.48. The highest BCUT2D eigenvalue weighted by Crippen LogP contribution is 2.09. The second-order valence-corrected chi connectivity index (χ2v) is 4.58. The van der Waals surface area contributed by atoms with Crippen molar-refractivity contribution in [3.05, 3.63) is 58.6 Å². The number of nitrogens with one attached hydrogen (secondary N) is 1. The lowest BCUT2D eigenvalue weighted by Crippen LogP contribution is -2.27. The first-order chi connectivity index (χ1) is 10.1. The maximum Gasteiger partial charge on any atom is 0.335 e. The van der Waals surface area contributed by atoms with E-state index >= 15 is 0 Å². The zero-order valence-corrected chi connectivity index (χ0v) is 11.7. The number of carboxylic acids is 1. The largest absolute Gasteiger partial charge is 0.478 e. The molecule has 0 aliphatic heterocycles. The molecule has 0 saturated carbocycles. The minimum atomic E-state index is -0.986. The first kappa shape index (κ1) is 14.9. The summed E-state index contributed by atoms with van der Waals surface area (Å²) in [7, 11) is 0. The Labute approximate surface area is 125 Å². The van der Waals surface area contributed by atoms with Gasteiger partial charge in [-0.25, -0.2) is 14.8 Å². The number of carbonyl (C=O) groups excluding carboxylic acids is 1. The maximum atomic E-state index is 11.8. The van der Waals surface area contributed by atoms with Crippen molar-refractivity contribution in [2.24, 2.45) is 0 Å². The summed E-state index contributed by atoms with van der Waals surface area (Å²) in [6, 6.07) is 6.67. The van der Waals surface area contributed by atoms with Crippen LogP contribution in [0.15, 0.2) is 36.7 Å². The van der Waals surface area contributed by atoms with Crippen molar-refractivity contribution >= 4 is 23.5 Å². The van der Waals surface area contributed by atoms with Crippen LogP contribution in [0, 0.1) is 0 Å². The Bertz CT molecular complexity index is 659. The molecule has 2 N–H and O–H groups in total. The van der Waals surface area contributed by atoms with Gasteiger partial charge in [-0.15, -0.1) is 0 Å². The summed E-state index contributed by atoms with van der Waals surface area (Å²) in [5.74, 6) is -1.37. The van der Waals surface area contributed by atoms with E-state index in [0.29, 0.717) is 18.5 Å². The van der Waals surface area contributed by atoms with Crippen molar-refractivity contribution < 1.29 is 14.7 Å². The number of rotatable bonds is 5. The van der Waals surface area contributed by atoms with E-state index in [1.54, 1.807) is 18.2 Å². The molecule has 1 heterocycles. The van der Waals surface area contributed by atoms with Crippen molar-refractivity contribution in [3.63, 3.8) is 0 Å². The molecule has 0 atom stereocenters. The van der Waals surface area contributed by atoms with Crippen molar-refractivity contribution in [2.45, 2.75) is 6.42 Å². The lowest BCUT2D eigenvalue weighted by Gasteiger charge is -2.07. The van der Waals surface area contributed by atoms with Gasteiger partial charge in [-0.2, -0.15) is 0 Å². The van der Waals surface area contributed by atoms with Gasteiger partial charge in [0.1, 0.15) is 10.8 Å². The number of carbonyl (C=O) groups is 2. The van der Waals surface area contributed by atoms with E-state index in [4.69, 9.17) is 16.7 Å². The van der Waals surface area contributed by atoms with Crippen molar-refractivity contribution in [2.75, 3.05) is 6.54 Å². The van der Waals surface area contributed by atoms with Gasteiger partial charge in [-0.3, -0.25) is 4.79 Å². The second kappa shape index (κ2) is 6.81. The zero-order valence-electron chi connectivity index (χ0n) is 10.9. The Morgan fingerprint density at radius 2 is 1.95 bits per heavy atom. The summed E-state index contributed by atoms with van der Waals surface area (Å²) in [4.78, 5) is 30.5. The van der Waals surface area contributed by atoms with Crippen LogP contribution in [0.5, 0.6) is 0 Å². The molecule has 0 aliphatic rings. The number of halogens is 1. The average molecular weight is 306 g/mol. The van der Waals surface area contributed by atoms with Crippen LogP contribution < -0.4 is 5.32 Å². The highest BCUT2D eigenvalue weighted by Gasteiger charge is 2.10. The van der Waals surface area contributed by atoms with E-state index in [1.807, 2.05) is 0 Å². The molecule has 21 heavy (non-hydrogen) atoms. The molecular weight excluding hydrogens is 294 g/mol. The number of amides is 1. The molecule has 0 bridgehead atoms. The van der Waals surface area contributed by atoms with Crippen molar-refractivity contribution in [1.82, 2.24) is 15.3 Å². The summed E-state index contributed by atoms with van der Waals surface area (Å²) < 4.78 is 0. The molecule has 1 aromatic carbocycles. The topological polar surface area (TPSA) is 92.2 Å². The molecule has 1 aromatic heterocycles. The minimum absolute atomic E-state index is 0.158. The summed E-state index contributed by atoms with van der Waals surface area (Å²) in [5.41, 5.74) is 1.05. The summed E-state index contributed by atoms with van der Waals surface area (Å²) in [5, 5.41) is 11.9. The Kier molecular flexibility index (Phi) is 4.84. The van der Waals surface area contributed by atoms with E-state index in [1.165, 1.54) is 18.5 Å². The van der Waals surface area contributed by atoms with E-state index < -0.39 is 5.97 Å². The van der Waals surface area contributed by atoms with Gasteiger partial charge in [0.2, 0.25) is 0 Å². The Balaban J connectivity index is 1.94. The van der Waals surface area contributed by atoms with E-state index in [-0.39, 0.29) is 22.3 Å². The second-order valence-electron chi connectivity index (χ2n) is 4.19. The molecule has 2 rings (SSSR count). The fourth-order valence-corrected chi connectivity index (χ4v) is 1.88. The molecule has 0 fully saturated rings. The molecule has 2 aromatic rings. The van der Waals surface area contributed by atoms with Gasteiger partial charge in [-0.1, -0.05) is 29.8 Å². The van der Waals surface area contributed by atoms with Gasteiger partial charge in [0.25, 0.3) is 5.91 Å². The van der Waals surface area contributed by atoms with Gasteiger partial charge >= 0.3 is 5.97 Å². The number of hydrogen-bond donors (Lipinski definition) is 2. The third-order valence-corrected chi connectivity index (χ3v) is 2.98. The highest BCUT2D eigenvalue weighted by atomic mass is 35.5. The van der Waals surface area contributed by atoms with Crippen LogP contribution in [0.1, 0.15) is 26.4 Å². The number of aromatic carboxylic acids is 1. The molecule has 0 saturated heterocycles. The van der Waals surface area contributed by atoms with Gasteiger partial charge < -0.3 is 10.4 Å². The molecular formula is C14H12ClN3O3. The fraction of sp³-hybridized carbons (Fsp3) is 0.143. The van der Waals surface area contributed by atoms with Gasteiger partial charge in [0.05, 0.1) is 18.0 Å². The first-order valence-electron chi connectivity index (χ1n) is 6.15. The maximum absolute atomic E-state index is 11.8. The van der Waals surface area contributed by atoms with Crippen LogP contribution >= 0.6 is 11.6 Å². The molecule has 0 spiro atoms. The van der Waals surface area contributed by atoms with Crippen LogP contribution in [0.3, 0.4) is 0 Å². The Morgan fingerprint density at radius 1 is 1.19 bits per heavy atom. The normalized spacial score (nSPS) is 10.1. The van der Waals surface area contributed by atoms with E-state index in [2.05, 4.69) is 15.3 Å². The number of aromatic nitrogens is 2. The summed E-state index contributed by atoms with van der Waals surface area (Å²) in [6.07, 6.45) is 2.98. The third-order valence-electron chi connectivity index (χ3n) is 2.78. The van der Waals surface area contributed by atoms with Crippen LogP contribution in [0.25, 0.3) is 0 Å². The van der Waals surface area contributed by atoms with Crippen LogP contribution in [0.4, 0.5) is 0 Å². The third kappa shape index (κ3) is 4.00. The highest BCUT2D eigenvalue weighted by molar-refractivity contribution is 6.29. The molecule has 0 radical (unpaired) electrons. The predicted octanol–water partition coefficient (Wildman–Crippen LogP) is 1.80. The van der Waals surface area contributed by atoms with E-state index in [9.17, 15) is 9.59 Å². The quantitative estimate of drug-likeness (QED) is 0.878. The Hall–Kier alpha value is -2.47. The molecule has 108 valence electrons. The van der Waals surface area contributed by atoms with E-state index in [0.717, 1.165) is 0 Å². The number of carboxylic acid groups (broad SMARTS) is 1. The van der Waals surface area contributed by atoms with Gasteiger partial charge in [-0.05, 0) is 18.1 Å². The fourth-order valence-electron chi connectivity index (χ4n) is 1.78. The molecule has 0 aliphatic carbocycles.